The van der Waals surface area contributed by atoms with E-state index in [4.69, 9.17) is 0 Å². The minimum atomic E-state index is -0.01000. The van der Waals surface area contributed by atoms with E-state index in [0.717, 1.165) is 0 Å². The molecule has 0 heterocycles. The third-order valence-electron chi connectivity index (χ3n) is 0.500. The average molecular weight is 236 g/mol. The molecule has 0 rings (SSSR count). The predicted molar refractivity (Wildman–Crippen MR) is 48.3 cm³/mol. The molecule has 0 unspecified atom stereocenters. The molecule has 2 heteroatoms. The van der Waals surface area contributed by atoms with E-state index < -0.39 is 0 Å². The van der Waals surface area contributed by atoms with Gasteiger partial charge in [-0.25, -0.2) is 0 Å². The first-order valence-electron chi connectivity index (χ1n) is 3.54. The van der Waals surface area contributed by atoms with Gasteiger partial charge in [0.1, 0.15) is 0 Å². The van der Waals surface area contributed by atoms with Gasteiger partial charge in [-0.05, 0) is 12.3 Å². The topological polar surface area (TPSA) is 0 Å². The summed E-state index contributed by atoms with van der Waals surface area (Å²) in [7, 11) is 1.20. The molecule has 0 aromatic heterocycles. The molecular weight excluding hydrogens is 218 g/mol. The Morgan fingerprint density at radius 3 is 1.38 bits per heavy atom. The first-order valence-corrected chi connectivity index (χ1v) is 13.0. The van der Waals surface area contributed by atoms with Crippen LogP contribution >= 0.6 is 8.58 Å². The second-order valence-electron chi connectivity index (χ2n) is 1.66. The van der Waals surface area contributed by atoms with E-state index in [1.54, 1.807) is 0 Å². The van der Waals surface area contributed by atoms with Crippen LogP contribution in [0.4, 0.5) is 0 Å². The van der Waals surface area contributed by atoms with E-state index in [1.165, 1.54) is 20.9 Å². The van der Waals surface area contributed by atoms with E-state index in [1.807, 2.05) is 0 Å². The van der Waals surface area contributed by atoms with Crippen LogP contribution < -0.4 is 0 Å². The molecule has 8 heavy (non-hydrogen) atoms. The van der Waals surface area contributed by atoms with E-state index >= 15 is 0 Å². The van der Waals surface area contributed by atoms with Gasteiger partial charge in [-0.3, -0.25) is 0 Å². The average Bonchev–Trinajstić information content (AvgIpc) is 1.71. The number of hydrogen-bond acceptors (Lipinski definition) is 0. The Bertz CT molecular complexity index is 22.5. The molecule has 50 valence electrons. The van der Waals surface area contributed by atoms with Crippen molar-refractivity contribution in [1.82, 2.24) is 0 Å². The molecule has 0 saturated heterocycles. The molecule has 0 N–H and O–H groups in total. The van der Waals surface area contributed by atoms with Gasteiger partial charge in [-0.15, -0.1) is 8.58 Å². The van der Waals surface area contributed by atoms with Gasteiger partial charge >= 0.3 is 32.3 Å². The zero-order valence-electron chi connectivity index (χ0n) is 6.62. The summed E-state index contributed by atoms with van der Waals surface area (Å²) >= 11 is -0.01000. The molecule has 0 fully saturated rings. The Kier molecular flexibility index (Phi) is 23.7. The molecule has 0 aromatic carbocycles. The number of rotatable bonds is 2. The molecule has 0 aliphatic carbocycles. The van der Waals surface area contributed by atoms with Gasteiger partial charge in [-0.2, -0.15) is 0 Å². The monoisotopic (exact) mass is 236 g/mol. The maximum absolute atomic E-state index is 2.34. The molecule has 0 saturated carbocycles. The molecule has 0 bridgehead atoms. The van der Waals surface area contributed by atoms with E-state index in [-0.39, 0.29) is 22.9 Å². The standard InChI is InChI=1S/C4H11P.2CH3.In.H/c1-3-5-4-2;;;;/h5H,3-4H2,1-2H3;2*1H3;;. The van der Waals surface area contributed by atoms with Crippen molar-refractivity contribution in [2.75, 3.05) is 12.3 Å². The summed E-state index contributed by atoms with van der Waals surface area (Å²) in [6, 6.07) is 0. The quantitative estimate of drug-likeness (QED) is 0.645. The summed E-state index contributed by atoms with van der Waals surface area (Å²) in [4.78, 5) is 0. The Hall–Kier alpha value is 1.30. The molecular formula is C6H18InP. The van der Waals surface area contributed by atoms with Gasteiger partial charge < -0.3 is 0 Å². The Morgan fingerprint density at radius 1 is 1.12 bits per heavy atom. The molecule has 0 spiro atoms. The second kappa shape index (κ2) is 15.7. The summed E-state index contributed by atoms with van der Waals surface area (Å²) in [5.41, 5.74) is 0. The van der Waals surface area contributed by atoms with Gasteiger partial charge in [0.2, 0.25) is 0 Å². The molecule has 0 nitrogen and oxygen atoms in total. The Labute approximate surface area is 67.0 Å². The van der Waals surface area contributed by atoms with Gasteiger partial charge in [-0.1, -0.05) is 13.8 Å². The summed E-state index contributed by atoms with van der Waals surface area (Å²) in [5, 5.41) is 0. The summed E-state index contributed by atoms with van der Waals surface area (Å²) < 4.78 is 4.67. The third kappa shape index (κ3) is 26.6. The first kappa shape index (κ1) is 12.0. The molecule has 0 atom stereocenters. The summed E-state index contributed by atoms with van der Waals surface area (Å²) in [6.07, 6.45) is 2.74. The van der Waals surface area contributed by atoms with E-state index in [2.05, 4.69) is 23.2 Å². The first-order chi connectivity index (χ1) is 3.83. The van der Waals surface area contributed by atoms with Crippen molar-refractivity contribution in [2.45, 2.75) is 23.2 Å². The van der Waals surface area contributed by atoms with Gasteiger partial charge in [0.25, 0.3) is 0 Å². The van der Waals surface area contributed by atoms with Crippen molar-refractivity contribution in [2.24, 2.45) is 0 Å². The van der Waals surface area contributed by atoms with E-state index in [9.17, 15) is 0 Å². The van der Waals surface area contributed by atoms with Crippen LogP contribution in [-0.2, 0) is 0 Å². The minimum absolute atomic E-state index is 0.01000. The van der Waals surface area contributed by atoms with Crippen LogP contribution in [0.1, 0.15) is 13.8 Å². The van der Waals surface area contributed by atoms with Crippen molar-refractivity contribution < 1.29 is 0 Å². The molecule has 0 radical (unpaired) electrons. The van der Waals surface area contributed by atoms with Crippen LogP contribution in [-0.4, -0.2) is 35.2 Å². The van der Waals surface area contributed by atoms with E-state index in [0.29, 0.717) is 0 Å². The Morgan fingerprint density at radius 2 is 1.38 bits per heavy atom. The van der Waals surface area contributed by atoms with Crippen LogP contribution in [0, 0.1) is 0 Å². The van der Waals surface area contributed by atoms with Crippen LogP contribution in [0.5, 0.6) is 0 Å². The molecule has 0 aromatic rings. The maximum atomic E-state index is 2.34. The van der Waals surface area contributed by atoms with Crippen molar-refractivity contribution in [1.29, 1.82) is 0 Å². The normalized spacial score (nSPS) is 7.00. The van der Waals surface area contributed by atoms with Gasteiger partial charge in [0.05, 0.1) is 0 Å². The fourth-order valence-corrected chi connectivity index (χ4v) is 0.750. The SMILES string of the molecule is CCPCC.[CH3][InH][CH3]. The molecule has 0 amide bonds. The van der Waals surface area contributed by atoms with Gasteiger partial charge in [0, 0.05) is 0 Å². The summed E-state index contributed by atoms with van der Waals surface area (Å²) in [5.74, 6) is 0. The zero-order chi connectivity index (χ0) is 6.83. The van der Waals surface area contributed by atoms with Crippen molar-refractivity contribution >= 4 is 31.5 Å². The molecule has 0 aliphatic rings. The zero-order valence-corrected chi connectivity index (χ0v) is 11.7. The van der Waals surface area contributed by atoms with Crippen molar-refractivity contribution in [3.05, 3.63) is 0 Å². The van der Waals surface area contributed by atoms with Crippen LogP contribution in [0.3, 0.4) is 0 Å². The van der Waals surface area contributed by atoms with Crippen LogP contribution in [0.2, 0.25) is 9.36 Å². The number of hydrogen-bond donors (Lipinski definition) is 0. The third-order valence-corrected chi connectivity index (χ3v) is 1.50. The van der Waals surface area contributed by atoms with Crippen LogP contribution in [0.25, 0.3) is 0 Å². The van der Waals surface area contributed by atoms with Crippen molar-refractivity contribution in [3.8, 4) is 0 Å². The fraction of sp³-hybridized carbons (Fsp3) is 1.00. The summed E-state index contributed by atoms with van der Waals surface area (Å²) in [6.45, 7) is 4.45. The predicted octanol–water partition coefficient (Wildman–Crippen LogP) is 2.22. The second-order valence-corrected chi connectivity index (χ2v) is 7.61. The molecule has 0 aliphatic heterocycles. The van der Waals surface area contributed by atoms with Crippen molar-refractivity contribution in [3.63, 3.8) is 0 Å². The Balaban J connectivity index is 0. The van der Waals surface area contributed by atoms with Gasteiger partial charge in [0.15, 0.2) is 0 Å². The van der Waals surface area contributed by atoms with Crippen LogP contribution in [0.15, 0.2) is 0 Å². The fourth-order valence-electron chi connectivity index (χ4n) is 0.250.